The lowest BCUT2D eigenvalue weighted by atomic mass is 10.0. The van der Waals surface area contributed by atoms with Gasteiger partial charge in [-0.25, -0.2) is 4.39 Å². The van der Waals surface area contributed by atoms with E-state index in [0.717, 1.165) is 6.42 Å². The highest BCUT2D eigenvalue weighted by Gasteiger charge is 2.55. The molecule has 1 aliphatic carbocycles. The number of hydrogen-bond donors (Lipinski definition) is 3. The average Bonchev–Trinajstić information content (AvgIpc) is 3.28. The summed E-state index contributed by atoms with van der Waals surface area (Å²) in [5.41, 5.74) is 5.11. The number of ketones is 1. The summed E-state index contributed by atoms with van der Waals surface area (Å²) in [4.78, 5) is 38.8. The van der Waals surface area contributed by atoms with Gasteiger partial charge in [-0.2, -0.15) is 0 Å². The highest BCUT2D eigenvalue weighted by Crippen LogP contribution is 2.57. The van der Waals surface area contributed by atoms with Gasteiger partial charge in [-0.05, 0) is 43.7 Å². The molecule has 2 fully saturated rings. The van der Waals surface area contributed by atoms with Crippen molar-refractivity contribution < 1.29 is 18.8 Å². The number of amides is 2. The van der Waals surface area contributed by atoms with Gasteiger partial charge in [-0.3, -0.25) is 19.8 Å². The fourth-order valence-corrected chi connectivity index (χ4v) is 5.05. The van der Waals surface area contributed by atoms with Gasteiger partial charge in [0.1, 0.15) is 11.4 Å². The number of benzene rings is 2. The van der Waals surface area contributed by atoms with Gasteiger partial charge >= 0.3 is 0 Å². The third kappa shape index (κ3) is 5.42. The first-order chi connectivity index (χ1) is 16.8. The zero-order valence-corrected chi connectivity index (χ0v) is 19.6. The first-order valence-electron chi connectivity index (χ1n) is 12.1. The average molecular weight is 479 g/mol. The van der Waals surface area contributed by atoms with Gasteiger partial charge in [0.05, 0.1) is 12.6 Å². The van der Waals surface area contributed by atoms with Gasteiger partial charge in [0.2, 0.25) is 5.91 Å². The predicted octanol–water partition coefficient (Wildman–Crippen LogP) is 3.57. The van der Waals surface area contributed by atoms with Gasteiger partial charge in [-0.15, -0.1) is 0 Å². The Kier molecular flexibility index (Phi) is 7.28. The Morgan fingerprint density at radius 2 is 1.83 bits per heavy atom. The van der Waals surface area contributed by atoms with Crippen LogP contribution in [0.5, 0.6) is 0 Å². The second-order valence-corrected chi connectivity index (χ2v) is 9.37. The molecule has 2 aromatic rings. The lowest BCUT2D eigenvalue weighted by Crippen LogP contribution is -2.43. The van der Waals surface area contributed by atoms with Crippen molar-refractivity contribution in [3.05, 3.63) is 65.7 Å². The fourth-order valence-electron chi connectivity index (χ4n) is 5.05. The van der Waals surface area contributed by atoms with Crippen molar-refractivity contribution in [2.75, 3.05) is 18.4 Å². The van der Waals surface area contributed by atoms with E-state index in [4.69, 9.17) is 11.1 Å². The zero-order chi connectivity index (χ0) is 25.0. The Balaban J connectivity index is 1.27. The minimum absolute atomic E-state index is 0.0246. The van der Waals surface area contributed by atoms with Crippen LogP contribution in [0.3, 0.4) is 0 Å². The van der Waals surface area contributed by atoms with Crippen LogP contribution in [-0.2, 0) is 20.1 Å². The molecule has 1 saturated heterocycles. The van der Waals surface area contributed by atoms with E-state index in [1.54, 1.807) is 29.2 Å². The van der Waals surface area contributed by atoms with Crippen molar-refractivity contribution in [2.45, 2.75) is 50.2 Å². The quantitative estimate of drug-likeness (QED) is 0.428. The van der Waals surface area contributed by atoms with Crippen molar-refractivity contribution in [1.29, 1.82) is 5.41 Å². The molecule has 0 aromatic heterocycles. The van der Waals surface area contributed by atoms with Crippen LogP contribution >= 0.6 is 0 Å². The number of hydrogen-bond acceptors (Lipinski definition) is 5. The van der Waals surface area contributed by atoms with E-state index in [0.29, 0.717) is 55.5 Å². The topological polar surface area (TPSA) is 116 Å². The lowest BCUT2D eigenvalue weighted by Gasteiger charge is -2.24. The maximum atomic E-state index is 15.1. The maximum absolute atomic E-state index is 15.1. The molecule has 0 bridgehead atoms. The molecule has 7 nitrogen and oxygen atoms in total. The molecule has 2 unspecified atom stereocenters. The molecular formula is C27H31FN4O3. The normalized spacial score (nSPS) is 23.1. The van der Waals surface area contributed by atoms with Crippen molar-refractivity contribution in [3.63, 3.8) is 0 Å². The highest BCUT2D eigenvalue weighted by molar-refractivity contribution is 6.44. The Morgan fingerprint density at radius 1 is 1.11 bits per heavy atom. The summed E-state index contributed by atoms with van der Waals surface area (Å²) < 4.78 is 15.1. The summed E-state index contributed by atoms with van der Waals surface area (Å²) in [7, 11) is 0. The summed E-state index contributed by atoms with van der Waals surface area (Å²) in [5.74, 6) is -1.09. The van der Waals surface area contributed by atoms with E-state index in [1.165, 1.54) is 0 Å². The number of nitrogens with zero attached hydrogens (tertiary/aromatic N) is 1. The number of nitrogens with two attached hydrogens (primary N) is 1. The Morgan fingerprint density at radius 3 is 2.57 bits per heavy atom. The molecule has 3 atom stereocenters. The fraction of sp³-hybridized carbons (Fsp3) is 0.407. The predicted molar refractivity (Wildman–Crippen MR) is 132 cm³/mol. The van der Waals surface area contributed by atoms with Gasteiger partial charge < -0.3 is 16.0 Å². The van der Waals surface area contributed by atoms with Gasteiger partial charge in [-0.1, -0.05) is 48.5 Å². The van der Waals surface area contributed by atoms with E-state index < -0.39 is 17.6 Å². The van der Waals surface area contributed by atoms with E-state index in [9.17, 15) is 14.4 Å². The van der Waals surface area contributed by atoms with Crippen LogP contribution in [0.4, 0.5) is 10.1 Å². The molecule has 0 radical (unpaired) electrons. The number of Topliss-reactive ketones (excluding diaryl/α,β-unsaturated/α-hetero) is 1. The van der Waals surface area contributed by atoms with E-state index in [1.807, 2.05) is 30.3 Å². The maximum Gasteiger partial charge on any atom is 0.267 e. The molecule has 2 amide bonds. The van der Waals surface area contributed by atoms with E-state index in [2.05, 4.69) is 5.32 Å². The van der Waals surface area contributed by atoms with Crippen molar-refractivity contribution in [2.24, 2.45) is 11.7 Å². The number of primary amides is 1. The van der Waals surface area contributed by atoms with Crippen molar-refractivity contribution in [3.8, 4) is 0 Å². The number of nitrogens with one attached hydrogen (secondary N) is 2. The minimum Gasteiger partial charge on any atom is -0.376 e. The number of rotatable bonds is 11. The third-order valence-electron chi connectivity index (χ3n) is 7.08. The number of anilines is 1. The SMILES string of the molecule is N=C(C(N)=O)c1ccccc1NCC(=O)N1CCC[C@H]1C(=O)CCCC1CC1(F)c1ccccc1. The Labute approximate surface area is 204 Å². The second-order valence-electron chi connectivity index (χ2n) is 9.37. The molecule has 8 heteroatoms. The van der Waals surface area contributed by atoms with Crippen LogP contribution in [0.25, 0.3) is 0 Å². The number of likely N-dealkylation sites (tertiary alicyclic amines) is 1. The molecule has 4 N–H and O–H groups in total. The van der Waals surface area contributed by atoms with Crippen LogP contribution in [0.15, 0.2) is 54.6 Å². The smallest absolute Gasteiger partial charge is 0.267 e. The first-order valence-corrected chi connectivity index (χ1v) is 12.1. The lowest BCUT2D eigenvalue weighted by molar-refractivity contribution is -0.136. The molecule has 1 heterocycles. The number of alkyl halides is 1. The zero-order valence-electron chi connectivity index (χ0n) is 19.6. The number of carbonyl (C=O) groups is 3. The summed E-state index contributed by atoms with van der Waals surface area (Å²) in [5, 5.41) is 10.8. The largest absolute Gasteiger partial charge is 0.376 e. The number of para-hydroxylation sites is 1. The van der Waals surface area contributed by atoms with Gasteiger partial charge in [0, 0.05) is 30.1 Å². The van der Waals surface area contributed by atoms with Crippen molar-refractivity contribution in [1.82, 2.24) is 4.90 Å². The Hall–Kier alpha value is -3.55. The van der Waals surface area contributed by atoms with Crippen LogP contribution in [0.2, 0.25) is 0 Å². The molecule has 0 spiro atoms. The molecule has 2 aliphatic rings. The highest BCUT2D eigenvalue weighted by atomic mass is 19.1. The Bertz CT molecular complexity index is 1120. The number of carbonyl (C=O) groups excluding carboxylic acids is 3. The van der Waals surface area contributed by atoms with Crippen LogP contribution < -0.4 is 11.1 Å². The summed E-state index contributed by atoms with van der Waals surface area (Å²) >= 11 is 0. The standard InChI is InChI=1S/C27H31FN4O3/c28-27(18-8-2-1-3-9-18)16-19(27)10-6-14-23(33)22-13-7-15-32(22)24(34)17-31-21-12-5-4-11-20(21)25(29)26(30)35/h1-5,8-9,11-12,19,22,29,31H,6-7,10,13-17H2,(H2,30,35)/t19?,22-,27?/m0/s1. The van der Waals surface area contributed by atoms with Crippen molar-refractivity contribution >= 4 is 29.0 Å². The summed E-state index contributed by atoms with van der Waals surface area (Å²) in [6, 6.07) is 15.4. The number of halogens is 1. The second kappa shape index (κ2) is 10.4. The van der Waals surface area contributed by atoms with Crippen LogP contribution in [0.1, 0.15) is 49.7 Å². The monoisotopic (exact) mass is 478 g/mol. The minimum atomic E-state index is -1.27. The molecule has 184 valence electrons. The van der Waals surface area contributed by atoms with Gasteiger partial charge in [0.25, 0.3) is 5.91 Å². The molecular weight excluding hydrogens is 447 g/mol. The first kappa shape index (κ1) is 24.6. The van der Waals surface area contributed by atoms with E-state index in [-0.39, 0.29) is 29.9 Å². The molecule has 1 saturated carbocycles. The molecule has 4 rings (SSSR count). The van der Waals surface area contributed by atoms with Crippen LogP contribution in [-0.4, -0.2) is 47.3 Å². The van der Waals surface area contributed by atoms with E-state index >= 15 is 4.39 Å². The van der Waals surface area contributed by atoms with Gasteiger partial charge in [0.15, 0.2) is 5.78 Å². The van der Waals surface area contributed by atoms with Crippen LogP contribution in [0, 0.1) is 11.3 Å². The summed E-state index contributed by atoms with van der Waals surface area (Å²) in [6.07, 6.45) is 3.49. The molecule has 35 heavy (non-hydrogen) atoms. The third-order valence-corrected chi connectivity index (χ3v) is 7.08. The molecule has 2 aromatic carbocycles. The molecule has 1 aliphatic heterocycles. The summed E-state index contributed by atoms with van der Waals surface area (Å²) in [6.45, 7) is 0.455.